The number of rotatable bonds is 6. The van der Waals surface area contributed by atoms with Crippen molar-refractivity contribution in [3.05, 3.63) is 96.2 Å². The Bertz CT molecular complexity index is 1260. The van der Waals surface area contributed by atoms with Crippen LogP contribution in [0.1, 0.15) is 15.9 Å². The molecule has 0 fully saturated rings. The monoisotopic (exact) mass is 440 g/mol. The lowest BCUT2D eigenvalue weighted by Crippen LogP contribution is -2.13. The van der Waals surface area contributed by atoms with Crippen LogP contribution >= 0.6 is 11.8 Å². The van der Waals surface area contributed by atoms with Crippen molar-refractivity contribution in [2.45, 2.75) is 11.8 Å². The van der Waals surface area contributed by atoms with Gasteiger partial charge < -0.3 is 10.1 Å². The number of carbonyl (C=O) groups is 1. The average Bonchev–Trinajstić information content (AvgIpc) is 2.84. The number of anilines is 1. The van der Waals surface area contributed by atoms with Crippen LogP contribution in [0.4, 0.5) is 5.69 Å². The van der Waals surface area contributed by atoms with Crippen LogP contribution in [0.25, 0.3) is 22.4 Å². The topological polar surface area (TPSA) is 51.2 Å². The molecular weight excluding hydrogens is 416 g/mol. The van der Waals surface area contributed by atoms with Crippen LogP contribution in [0.2, 0.25) is 0 Å². The molecule has 0 radical (unpaired) electrons. The standard InChI is InChI=1S/C27H24N2O2S/c1-18-10-11-19(16-26(18)31-2)24-17-22(32-3)12-13-23(24)27(30)29-21-8-6-7-20(15-21)25-9-4-5-14-28-25/h4-17H,1-3H3,(H,29,30). The van der Waals surface area contributed by atoms with Crippen LogP contribution in [0.15, 0.2) is 90.0 Å². The second kappa shape index (κ2) is 9.71. The van der Waals surface area contributed by atoms with E-state index >= 15 is 0 Å². The van der Waals surface area contributed by atoms with Gasteiger partial charge in [0, 0.05) is 27.9 Å². The smallest absolute Gasteiger partial charge is 0.256 e. The van der Waals surface area contributed by atoms with E-state index < -0.39 is 0 Å². The minimum atomic E-state index is -0.162. The number of aryl methyl sites for hydroxylation is 1. The molecule has 4 aromatic rings. The van der Waals surface area contributed by atoms with Gasteiger partial charge in [0.05, 0.1) is 12.8 Å². The summed E-state index contributed by atoms with van der Waals surface area (Å²) in [6.07, 6.45) is 3.79. The van der Waals surface area contributed by atoms with Gasteiger partial charge in [0.15, 0.2) is 0 Å². The lowest BCUT2D eigenvalue weighted by atomic mass is 9.97. The maximum atomic E-state index is 13.3. The minimum absolute atomic E-state index is 0.162. The number of ether oxygens (including phenoxy) is 1. The van der Waals surface area contributed by atoms with Gasteiger partial charge >= 0.3 is 0 Å². The highest BCUT2D eigenvalue weighted by Crippen LogP contribution is 2.32. The van der Waals surface area contributed by atoms with Crippen LogP contribution in [-0.2, 0) is 0 Å². The molecule has 5 heteroatoms. The van der Waals surface area contributed by atoms with E-state index in [4.69, 9.17) is 4.74 Å². The molecule has 4 rings (SSSR count). The number of hydrogen-bond donors (Lipinski definition) is 1. The summed E-state index contributed by atoms with van der Waals surface area (Å²) in [6, 6.07) is 25.4. The number of amides is 1. The number of thioether (sulfide) groups is 1. The van der Waals surface area contributed by atoms with Crippen molar-refractivity contribution >= 4 is 23.4 Å². The van der Waals surface area contributed by atoms with E-state index in [0.717, 1.165) is 44.3 Å². The summed E-state index contributed by atoms with van der Waals surface area (Å²) >= 11 is 1.64. The van der Waals surface area contributed by atoms with Gasteiger partial charge in [-0.2, -0.15) is 0 Å². The third-order valence-electron chi connectivity index (χ3n) is 5.27. The van der Waals surface area contributed by atoms with Gasteiger partial charge in [0.2, 0.25) is 0 Å². The number of nitrogens with zero attached hydrogens (tertiary/aromatic N) is 1. The van der Waals surface area contributed by atoms with E-state index in [0.29, 0.717) is 5.56 Å². The fraction of sp³-hybridized carbons (Fsp3) is 0.111. The molecule has 1 heterocycles. The van der Waals surface area contributed by atoms with Crippen molar-refractivity contribution in [3.8, 4) is 28.1 Å². The van der Waals surface area contributed by atoms with Crippen LogP contribution in [0.5, 0.6) is 5.75 Å². The molecule has 0 unspecified atom stereocenters. The van der Waals surface area contributed by atoms with Crippen molar-refractivity contribution in [3.63, 3.8) is 0 Å². The van der Waals surface area contributed by atoms with E-state index in [2.05, 4.69) is 10.3 Å². The summed E-state index contributed by atoms with van der Waals surface area (Å²) in [5.41, 5.74) is 6.00. The molecule has 0 aliphatic rings. The molecule has 1 amide bonds. The fourth-order valence-corrected chi connectivity index (χ4v) is 4.00. The number of benzene rings is 3. The minimum Gasteiger partial charge on any atom is -0.496 e. The maximum Gasteiger partial charge on any atom is 0.256 e. The predicted octanol–water partition coefficient (Wildman–Crippen LogP) is 6.71. The van der Waals surface area contributed by atoms with E-state index in [1.54, 1.807) is 25.1 Å². The highest BCUT2D eigenvalue weighted by atomic mass is 32.2. The third kappa shape index (κ3) is 4.68. The molecule has 0 spiro atoms. The van der Waals surface area contributed by atoms with Crippen molar-refractivity contribution in [1.82, 2.24) is 4.98 Å². The summed E-state index contributed by atoms with van der Waals surface area (Å²) in [5, 5.41) is 3.05. The number of nitrogens with one attached hydrogen (secondary N) is 1. The first-order valence-electron chi connectivity index (χ1n) is 10.2. The summed E-state index contributed by atoms with van der Waals surface area (Å²) in [6.45, 7) is 2.00. The van der Waals surface area contributed by atoms with Crippen molar-refractivity contribution in [2.24, 2.45) is 0 Å². The highest BCUT2D eigenvalue weighted by molar-refractivity contribution is 7.98. The Morgan fingerprint density at radius 2 is 1.81 bits per heavy atom. The zero-order chi connectivity index (χ0) is 22.5. The van der Waals surface area contributed by atoms with Gasteiger partial charge in [-0.1, -0.05) is 30.3 Å². The normalized spacial score (nSPS) is 10.6. The van der Waals surface area contributed by atoms with Crippen LogP contribution < -0.4 is 10.1 Å². The molecule has 3 aromatic carbocycles. The third-order valence-corrected chi connectivity index (χ3v) is 6.00. The summed E-state index contributed by atoms with van der Waals surface area (Å²) in [4.78, 5) is 18.8. The van der Waals surface area contributed by atoms with Crippen LogP contribution in [0, 0.1) is 6.92 Å². The largest absolute Gasteiger partial charge is 0.496 e. The summed E-state index contributed by atoms with van der Waals surface area (Å²) < 4.78 is 5.50. The van der Waals surface area contributed by atoms with Gasteiger partial charge in [-0.15, -0.1) is 11.8 Å². The highest BCUT2D eigenvalue weighted by Gasteiger charge is 2.16. The Morgan fingerprint density at radius 1 is 0.938 bits per heavy atom. The molecule has 0 atom stereocenters. The number of hydrogen-bond acceptors (Lipinski definition) is 4. The molecule has 0 aliphatic heterocycles. The maximum absolute atomic E-state index is 13.3. The first-order valence-corrected chi connectivity index (χ1v) is 11.5. The van der Waals surface area contributed by atoms with Crippen molar-refractivity contribution in [2.75, 3.05) is 18.7 Å². The second-order valence-electron chi connectivity index (χ2n) is 7.35. The first-order chi connectivity index (χ1) is 15.6. The van der Waals surface area contributed by atoms with E-state index in [1.807, 2.05) is 92.0 Å². The molecule has 1 aromatic heterocycles. The van der Waals surface area contributed by atoms with Crippen LogP contribution in [-0.4, -0.2) is 24.3 Å². The molecule has 32 heavy (non-hydrogen) atoms. The predicted molar refractivity (Wildman–Crippen MR) is 133 cm³/mol. The lowest BCUT2D eigenvalue weighted by molar-refractivity contribution is 0.102. The van der Waals surface area contributed by atoms with Gasteiger partial charge in [-0.05, 0) is 78.4 Å². The van der Waals surface area contributed by atoms with E-state index in [-0.39, 0.29) is 5.91 Å². The molecule has 1 N–H and O–H groups in total. The van der Waals surface area contributed by atoms with E-state index in [9.17, 15) is 4.79 Å². The Balaban J connectivity index is 1.69. The summed E-state index contributed by atoms with van der Waals surface area (Å²) in [5.74, 6) is 0.636. The molecule has 4 nitrogen and oxygen atoms in total. The Kier molecular flexibility index (Phi) is 6.57. The van der Waals surface area contributed by atoms with Gasteiger partial charge in [-0.3, -0.25) is 9.78 Å². The fourth-order valence-electron chi connectivity index (χ4n) is 3.56. The average molecular weight is 441 g/mol. The molecule has 160 valence electrons. The second-order valence-corrected chi connectivity index (χ2v) is 8.23. The zero-order valence-electron chi connectivity index (χ0n) is 18.3. The molecular formula is C27H24N2O2S. The number of aromatic nitrogens is 1. The zero-order valence-corrected chi connectivity index (χ0v) is 19.1. The van der Waals surface area contributed by atoms with Gasteiger partial charge in [0.1, 0.15) is 5.75 Å². The Labute approximate surface area is 192 Å². The SMILES string of the molecule is COc1cc(-c2cc(SC)ccc2C(=O)Nc2cccc(-c3ccccn3)c2)ccc1C. The number of carbonyl (C=O) groups excluding carboxylic acids is 1. The van der Waals surface area contributed by atoms with E-state index in [1.165, 1.54) is 0 Å². The van der Waals surface area contributed by atoms with Gasteiger partial charge in [0.25, 0.3) is 5.91 Å². The lowest BCUT2D eigenvalue weighted by Gasteiger charge is -2.14. The quantitative estimate of drug-likeness (QED) is 0.339. The first kappa shape index (κ1) is 21.7. The molecule has 0 saturated heterocycles. The van der Waals surface area contributed by atoms with Crippen molar-refractivity contribution in [1.29, 1.82) is 0 Å². The number of methoxy groups -OCH3 is 1. The Hall–Kier alpha value is -3.57. The number of pyridine rings is 1. The summed E-state index contributed by atoms with van der Waals surface area (Å²) in [7, 11) is 1.66. The van der Waals surface area contributed by atoms with Gasteiger partial charge in [-0.25, -0.2) is 0 Å². The molecule has 0 bridgehead atoms. The van der Waals surface area contributed by atoms with Crippen LogP contribution in [0.3, 0.4) is 0 Å². The Morgan fingerprint density at radius 3 is 2.56 bits per heavy atom. The molecule has 0 saturated carbocycles. The molecule has 0 aliphatic carbocycles. The van der Waals surface area contributed by atoms with Crippen molar-refractivity contribution < 1.29 is 9.53 Å².